The topological polar surface area (TPSA) is 86.3 Å². The van der Waals surface area contributed by atoms with Crippen molar-refractivity contribution < 1.29 is 9.53 Å². The van der Waals surface area contributed by atoms with E-state index in [-0.39, 0.29) is 6.10 Å². The number of ether oxygens (including phenoxy) is 1. The van der Waals surface area contributed by atoms with Crippen molar-refractivity contribution >= 4 is 17.2 Å². The molecule has 152 valence electrons. The van der Waals surface area contributed by atoms with Crippen molar-refractivity contribution in [1.82, 2.24) is 19.7 Å². The maximum Gasteiger partial charge on any atom is 0.248 e. The summed E-state index contributed by atoms with van der Waals surface area (Å²) in [6.45, 7) is 8.13. The Hall–Kier alpha value is -2.55. The molecule has 7 nitrogen and oxygen atoms in total. The van der Waals surface area contributed by atoms with Crippen molar-refractivity contribution in [3.8, 4) is 10.6 Å². The number of carbonyl (C=O) groups excluding carboxylic acids is 1. The summed E-state index contributed by atoms with van der Waals surface area (Å²) >= 11 is 1.61. The normalized spacial score (nSPS) is 17.5. The van der Waals surface area contributed by atoms with Crippen LogP contribution < -0.4 is 5.73 Å². The zero-order chi connectivity index (χ0) is 20.4. The molecule has 0 spiro atoms. The fourth-order valence-corrected chi connectivity index (χ4v) is 4.42. The molecule has 0 saturated carbocycles. The number of nitrogens with two attached hydrogens (primary N) is 1. The predicted octanol–water partition coefficient (Wildman–Crippen LogP) is 2.62. The number of benzene rings is 1. The summed E-state index contributed by atoms with van der Waals surface area (Å²) in [6.07, 6.45) is 0.126. The van der Waals surface area contributed by atoms with Gasteiger partial charge in [0.1, 0.15) is 5.01 Å². The van der Waals surface area contributed by atoms with Gasteiger partial charge >= 0.3 is 0 Å². The van der Waals surface area contributed by atoms with Crippen molar-refractivity contribution in [1.29, 1.82) is 0 Å². The quantitative estimate of drug-likeness (QED) is 0.674. The molecule has 1 amide bonds. The van der Waals surface area contributed by atoms with Gasteiger partial charge in [0.15, 0.2) is 0 Å². The standard InChI is InChI=1S/C21H25N5O2S/c1-14-9-15(2)26(24-14)12-19-11-25(7-8-28-19)10-18-13-29-21(23-18)17-5-3-16(4-6-17)20(22)27/h3-6,9,13,19H,7-8,10-12H2,1-2H3,(H2,22,27). The number of primary amides is 1. The number of rotatable bonds is 6. The maximum absolute atomic E-state index is 11.2. The molecule has 1 unspecified atom stereocenters. The predicted molar refractivity (Wildman–Crippen MR) is 113 cm³/mol. The van der Waals surface area contributed by atoms with Crippen LogP contribution in [-0.4, -0.2) is 51.4 Å². The average Bonchev–Trinajstić information content (AvgIpc) is 3.28. The Morgan fingerprint density at radius 1 is 1.31 bits per heavy atom. The maximum atomic E-state index is 11.2. The lowest BCUT2D eigenvalue weighted by Gasteiger charge is -2.32. The Kier molecular flexibility index (Phi) is 5.75. The fraction of sp³-hybridized carbons (Fsp3) is 0.381. The van der Waals surface area contributed by atoms with Crippen LogP contribution in [-0.2, 0) is 17.8 Å². The van der Waals surface area contributed by atoms with Crippen LogP contribution in [0.4, 0.5) is 0 Å². The van der Waals surface area contributed by atoms with Crippen LogP contribution in [0.2, 0.25) is 0 Å². The lowest BCUT2D eigenvalue weighted by atomic mass is 10.1. The van der Waals surface area contributed by atoms with Gasteiger partial charge in [0.2, 0.25) is 5.91 Å². The first-order chi connectivity index (χ1) is 14.0. The molecule has 0 bridgehead atoms. The lowest BCUT2D eigenvalue weighted by Crippen LogP contribution is -2.44. The van der Waals surface area contributed by atoms with Crippen molar-refractivity contribution in [2.45, 2.75) is 33.0 Å². The molecular weight excluding hydrogens is 386 g/mol. The molecule has 1 fully saturated rings. The molecule has 1 saturated heterocycles. The number of carbonyl (C=O) groups is 1. The lowest BCUT2D eigenvalue weighted by molar-refractivity contribution is -0.0407. The van der Waals surface area contributed by atoms with Gasteiger partial charge in [-0.1, -0.05) is 12.1 Å². The number of hydrogen-bond acceptors (Lipinski definition) is 6. The number of nitrogens with zero attached hydrogens (tertiary/aromatic N) is 4. The third kappa shape index (κ3) is 4.72. The molecule has 1 aromatic carbocycles. The molecule has 4 rings (SSSR count). The summed E-state index contributed by atoms with van der Waals surface area (Å²) in [5, 5.41) is 7.59. The first-order valence-corrected chi connectivity index (χ1v) is 10.6. The van der Waals surface area contributed by atoms with E-state index in [1.54, 1.807) is 23.5 Å². The highest BCUT2D eigenvalue weighted by molar-refractivity contribution is 7.13. The van der Waals surface area contributed by atoms with Crippen LogP contribution in [0.25, 0.3) is 10.6 Å². The monoisotopic (exact) mass is 411 g/mol. The second kappa shape index (κ2) is 8.44. The second-order valence-electron chi connectivity index (χ2n) is 7.42. The largest absolute Gasteiger partial charge is 0.374 e. The summed E-state index contributed by atoms with van der Waals surface area (Å²) in [5.74, 6) is -0.418. The van der Waals surface area contributed by atoms with Gasteiger partial charge in [-0.3, -0.25) is 14.4 Å². The van der Waals surface area contributed by atoms with Crippen molar-refractivity contribution in [3.63, 3.8) is 0 Å². The first-order valence-electron chi connectivity index (χ1n) is 9.67. The minimum absolute atomic E-state index is 0.126. The van der Waals surface area contributed by atoms with Gasteiger partial charge in [0.25, 0.3) is 0 Å². The van der Waals surface area contributed by atoms with Crippen molar-refractivity contribution in [2.75, 3.05) is 19.7 Å². The summed E-state index contributed by atoms with van der Waals surface area (Å²) in [5.41, 5.74) is 10.1. The summed E-state index contributed by atoms with van der Waals surface area (Å²) < 4.78 is 7.99. The first kappa shape index (κ1) is 19.8. The Labute approximate surface area is 174 Å². The zero-order valence-corrected chi connectivity index (χ0v) is 17.5. The minimum Gasteiger partial charge on any atom is -0.374 e. The van der Waals surface area contributed by atoms with Crippen LogP contribution >= 0.6 is 11.3 Å². The average molecular weight is 412 g/mol. The molecule has 3 aromatic rings. The molecule has 0 radical (unpaired) electrons. The fourth-order valence-electron chi connectivity index (χ4n) is 3.61. The van der Waals surface area contributed by atoms with Gasteiger partial charge < -0.3 is 10.5 Å². The van der Waals surface area contributed by atoms with Crippen LogP contribution in [0.5, 0.6) is 0 Å². The van der Waals surface area contributed by atoms with Gasteiger partial charge in [-0.2, -0.15) is 5.10 Å². The molecule has 1 atom stereocenters. The van der Waals surface area contributed by atoms with Crippen LogP contribution in [0, 0.1) is 13.8 Å². The Morgan fingerprint density at radius 2 is 2.10 bits per heavy atom. The number of morpholine rings is 1. The van der Waals surface area contributed by atoms with E-state index < -0.39 is 5.91 Å². The summed E-state index contributed by atoms with van der Waals surface area (Å²) in [6, 6.07) is 9.35. The summed E-state index contributed by atoms with van der Waals surface area (Å²) in [4.78, 5) is 18.4. The van der Waals surface area contributed by atoms with E-state index in [9.17, 15) is 4.79 Å². The van der Waals surface area contributed by atoms with E-state index in [2.05, 4.69) is 28.4 Å². The van der Waals surface area contributed by atoms with E-state index >= 15 is 0 Å². The Balaban J connectivity index is 1.38. The Morgan fingerprint density at radius 3 is 2.79 bits per heavy atom. The van der Waals surface area contributed by atoms with Gasteiger partial charge in [-0.05, 0) is 32.0 Å². The number of amides is 1. The molecule has 1 aliphatic rings. The van der Waals surface area contributed by atoms with Crippen molar-refractivity contribution in [2.24, 2.45) is 5.73 Å². The third-order valence-corrected chi connectivity index (χ3v) is 6.00. The third-order valence-electron chi connectivity index (χ3n) is 5.06. The van der Waals surface area contributed by atoms with Gasteiger partial charge in [0, 0.05) is 41.8 Å². The molecule has 3 heterocycles. The number of aryl methyl sites for hydroxylation is 2. The number of hydrogen-bond donors (Lipinski definition) is 1. The minimum atomic E-state index is -0.418. The van der Waals surface area contributed by atoms with Gasteiger partial charge in [0.05, 0.1) is 30.6 Å². The molecule has 1 aliphatic heterocycles. The highest BCUT2D eigenvalue weighted by Crippen LogP contribution is 2.25. The van der Waals surface area contributed by atoms with E-state index in [4.69, 9.17) is 15.5 Å². The second-order valence-corrected chi connectivity index (χ2v) is 8.28. The van der Waals surface area contributed by atoms with Crippen molar-refractivity contribution in [3.05, 3.63) is 58.4 Å². The molecular formula is C21H25N5O2S. The van der Waals surface area contributed by atoms with Crippen LogP contribution in [0.3, 0.4) is 0 Å². The highest BCUT2D eigenvalue weighted by atomic mass is 32.1. The molecule has 2 N–H and O–H groups in total. The van der Waals surface area contributed by atoms with E-state index in [0.717, 1.165) is 60.4 Å². The van der Waals surface area contributed by atoms with Gasteiger partial charge in [-0.25, -0.2) is 4.98 Å². The van der Waals surface area contributed by atoms with Gasteiger partial charge in [-0.15, -0.1) is 11.3 Å². The number of aromatic nitrogens is 3. The Bertz CT molecular complexity index is 995. The molecule has 29 heavy (non-hydrogen) atoms. The SMILES string of the molecule is Cc1cc(C)n(CC2CN(Cc3csc(-c4ccc(C(N)=O)cc4)n3)CCO2)n1. The van der Waals surface area contributed by atoms with Crippen LogP contribution in [0.1, 0.15) is 27.4 Å². The van der Waals surface area contributed by atoms with E-state index in [0.29, 0.717) is 5.56 Å². The molecule has 8 heteroatoms. The zero-order valence-electron chi connectivity index (χ0n) is 16.7. The summed E-state index contributed by atoms with van der Waals surface area (Å²) in [7, 11) is 0. The molecule has 0 aliphatic carbocycles. The molecule has 2 aromatic heterocycles. The van der Waals surface area contributed by atoms with E-state index in [1.165, 1.54) is 0 Å². The number of thiazole rings is 1. The van der Waals surface area contributed by atoms with Crippen LogP contribution in [0.15, 0.2) is 35.7 Å². The smallest absolute Gasteiger partial charge is 0.248 e. The highest BCUT2D eigenvalue weighted by Gasteiger charge is 2.22. The van der Waals surface area contributed by atoms with E-state index in [1.807, 2.05) is 23.7 Å².